The maximum atomic E-state index is 12.8. The molecule has 0 spiro atoms. The van der Waals surface area contributed by atoms with E-state index in [0.717, 1.165) is 25.5 Å². The van der Waals surface area contributed by atoms with E-state index in [2.05, 4.69) is 19.2 Å². The van der Waals surface area contributed by atoms with E-state index in [4.69, 9.17) is 13.7 Å². The number of nitrogens with one attached hydrogen (secondary N) is 1. The summed E-state index contributed by atoms with van der Waals surface area (Å²) in [5.74, 6) is -0.184. The molecule has 7 nitrogen and oxygen atoms in total. The van der Waals surface area contributed by atoms with E-state index in [1.807, 2.05) is 13.0 Å². The molecule has 0 bridgehead atoms. The molecular weight excluding hydrogens is 394 g/mol. The molecule has 0 radical (unpaired) electrons. The zero-order valence-electron chi connectivity index (χ0n) is 17.5. The topological polar surface area (TPSA) is 90.9 Å². The molecule has 1 aliphatic carbocycles. The highest BCUT2D eigenvalue weighted by atomic mass is 32.2. The molecule has 1 amide bonds. The van der Waals surface area contributed by atoms with Crippen LogP contribution in [0.4, 0.5) is 0 Å². The van der Waals surface area contributed by atoms with Crippen molar-refractivity contribution in [2.75, 3.05) is 12.9 Å². The van der Waals surface area contributed by atoms with Crippen molar-refractivity contribution in [1.29, 1.82) is 0 Å². The minimum absolute atomic E-state index is 0.137. The van der Waals surface area contributed by atoms with Crippen molar-refractivity contribution in [3.63, 3.8) is 0 Å². The van der Waals surface area contributed by atoms with Gasteiger partial charge < -0.3 is 14.8 Å². The fourth-order valence-electron chi connectivity index (χ4n) is 4.42. The van der Waals surface area contributed by atoms with Gasteiger partial charge in [0.05, 0.1) is 12.4 Å². The molecule has 3 rings (SSSR count). The molecule has 162 valence electrons. The molecule has 1 saturated heterocycles. The van der Waals surface area contributed by atoms with Gasteiger partial charge in [0.25, 0.3) is 16.0 Å². The second kappa shape index (κ2) is 8.71. The lowest BCUT2D eigenvalue weighted by Crippen LogP contribution is -2.50. The Morgan fingerprint density at radius 3 is 2.52 bits per heavy atom. The number of ether oxygens (including phenoxy) is 2. The van der Waals surface area contributed by atoms with Crippen LogP contribution in [-0.4, -0.2) is 51.7 Å². The maximum Gasteiger partial charge on any atom is 0.264 e. The normalized spacial score (nSPS) is 31.7. The van der Waals surface area contributed by atoms with Gasteiger partial charge in [-0.25, -0.2) is 0 Å². The van der Waals surface area contributed by atoms with Crippen molar-refractivity contribution in [2.45, 2.75) is 64.6 Å². The van der Waals surface area contributed by atoms with Crippen molar-refractivity contribution in [1.82, 2.24) is 5.32 Å². The second-order valence-corrected chi connectivity index (χ2v) is 10.3. The third-order valence-electron chi connectivity index (χ3n) is 5.68. The van der Waals surface area contributed by atoms with Gasteiger partial charge in [-0.2, -0.15) is 8.42 Å². The quantitative estimate of drug-likeness (QED) is 0.676. The van der Waals surface area contributed by atoms with Gasteiger partial charge in [0.2, 0.25) is 0 Å². The van der Waals surface area contributed by atoms with Crippen molar-refractivity contribution >= 4 is 16.0 Å². The standard InChI is InChI=1S/C21H31NO6S/c1-5-26-20-16(22-19(23)14-9-7-6-8-10-14)18(28-29(4,24)25)17(27-20)15-11-12-21(2,3)13-15/h6-10,15-18,20H,5,11-13H2,1-4H3,(H,22,23)/t15-,16?,17?,18+,20?/m1/s1. The summed E-state index contributed by atoms with van der Waals surface area (Å²) in [6.45, 7) is 6.60. The molecule has 29 heavy (non-hydrogen) atoms. The molecule has 1 aromatic rings. The number of rotatable bonds is 7. The van der Waals surface area contributed by atoms with Crippen molar-refractivity contribution < 1.29 is 26.9 Å². The van der Waals surface area contributed by atoms with Gasteiger partial charge in [-0.05, 0) is 49.7 Å². The number of benzene rings is 1. The molecule has 1 aromatic carbocycles. The first kappa shape index (κ1) is 22.2. The minimum Gasteiger partial charge on any atom is -0.351 e. The first-order valence-electron chi connectivity index (χ1n) is 10.1. The van der Waals surface area contributed by atoms with E-state index >= 15 is 0 Å². The summed E-state index contributed by atoms with van der Waals surface area (Å²) < 4.78 is 41.4. The third kappa shape index (κ3) is 5.57. The van der Waals surface area contributed by atoms with Crippen LogP contribution in [0.2, 0.25) is 0 Å². The highest BCUT2D eigenvalue weighted by Crippen LogP contribution is 2.46. The maximum absolute atomic E-state index is 12.8. The Labute approximate surface area is 173 Å². The Kier molecular flexibility index (Phi) is 6.67. The lowest BCUT2D eigenvalue weighted by molar-refractivity contribution is -0.148. The summed E-state index contributed by atoms with van der Waals surface area (Å²) in [5, 5.41) is 2.90. The SMILES string of the molecule is CCOC1OC([C@@H]2CCC(C)(C)C2)[C@@H](OS(C)(=O)=O)C1NC(=O)c1ccccc1. The van der Waals surface area contributed by atoms with Crippen LogP contribution >= 0.6 is 0 Å². The number of carbonyl (C=O) groups excluding carboxylic acids is 1. The van der Waals surface area contributed by atoms with Crippen LogP contribution in [0.5, 0.6) is 0 Å². The second-order valence-electron chi connectivity index (χ2n) is 8.72. The van der Waals surface area contributed by atoms with Crippen LogP contribution in [0.15, 0.2) is 30.3 Å². The number of carbonyl (C=O) groups is 1. The first-order valence-corrected chi connectivity index (χ1v) is 11.9. The summed E-state index contributed by atoms with van der Waals surface area (Å²) in [5.41, 5.74) is 0.641. The summed E-state index contributed by atoms with van der Waals surface area (Å²) in [6, 6.07) is 8.04. The van der Waals surface area contributed by atoms with Gasteiger partial charge in [0.1, 0.15) is 12.1 Å². The molecule has 1 N–H and O–H groups in total. The van der Waals surface area contributed by atoms with Gasteiger partial charge in [0.15, 0.2) is 6.29 Å². The summed E-state index contributed by atoms with van der Waals surface area (Å²) in [7, 11) is -3.76. The van der Waals surface area contributed by atoms with Gasteiger partial charge in [-0.3, -0.25) is 8.98 Å². The first-order chi connectivity index (χ1) is 13.6. The van der Waals surface area contributed by atoms with E-state index in [0.29, 0.717) is 12.2 Å². The van der Waals surface area contributed by atoms with Crippen LogP contribution in [0.1, 0.15) is 50.4 Å². The minimum atomic E-state index is -3.76. The molecule has 1 saturated carbocycles. The summed E-state index contributed by atoms with van der Waals surface area (Å²) >= 11 is 0. The Bertz CT molecular complexity index is 810. The largest absolute Gasteiger partial charge is 0.351 e. The van der Waals surface area contributed by atoms with Crippen LogP contribution in [0, 0.1) is 11.3 Å². The molecule has 1 aliphatic heterocycles. The average molecular weight is 426 g/mol. The van der Waals surface area contributed by atoms with Gasteiger partial charge in [-0.1, -0.05) is 32.0 Å². The van der Waals surface area contributed by atoms with Gasteiger partial charge in [-0.15, -0.1) is 0 Å². The lowest BCUT2D eigenvalue weighted by Gasteiger charge is -2.27. The average Bonchev–Trinajstić information content (AvgIpc) is 3.15. The predicted octanol–water partition coefficient (Wildman–Crippen LogP) is 2.72. The third-order valence-corrected chi connectivity index (χ3v) is 6.26. The van der Waals surface area contributed by atoms with Crippen LogP contribution < -0.4 is 5.32 Å². The molecular formula is C21H31NO6S. The van der Waals surface area contributed by atoms with E-state index in [9.17, 15) is 13.2 Å². The summed E-state index contributed by atoms with van der Waals surface area (Å²) in [4.78, 5) is 12.8. The van der Waals surface area contributed by atoms with E-state index in [1.54, 1.807) is 24.3 Å². The summed E-state index contributed by atoms with van der Waals surface area (Å²) in [6.07, 6.45) is 1.79. The highest BCUT2D eigenvalue weighted by molar-refractivity contribution is 7.86. The molecule has 8 heteroatoms. The van der Waals surface area contributed by atoms with Crippen LogP contribution in [0.25, 0.3) is 0 Å². The Morgan fingerprint density at radius 2 is 1.97 bits per heavy atom. The van der Waals surface area contributed by atoms with Crippen molar-refractivity contribution in [3.05, 3.63) is 35.9 Å². The zero-order chi connectivity index (χ0) is 21.2. The zero-order valence-corrected chi connectivity index (χ0v) is 18.3. The predicted molar refractivity (Wildman–Crippen MR) is 109 cm³/mol. The molecule has 3 unspecified atom stereocenters. The highest BCUT2D eigenvalue weighted by Gasteiger charge is 2.53. The molecule has 0 aromatic heterocycles. The van der Waals surface area contributed by atoms with Crippen LogP contribution in [-0.2, 0) is 23.8 Å². The Balaban J connectivity index is 1.87. The molecule has 1 heterocycles. The Morgan fingerprint density at radius 1 is 1.28 bits per heavy atom. The van der Waals surface area contributed by atoms with Crippen molar-refractivity contribution in [2.24, 2.45) is 11.3 Å². The fraction of sp³-hybridized carbons (Fsp3) is 0.667. The van der Waals surface area contributed by atoms with Crippen molar-refractivity contribution in [3.8, 4) is 0 Å². The van der Waals surface area contributed by atoms with E-state index < -0.39 is 34.7 Å². The van der Waals surface area contributed by atoms with Gasteiger partial charge in [0, 0.05) is 12.2 Å². The number of hydrogen-bond donors (Lipinski definition) is 1. The van der Waals surface area contributed by atoms with Gasteiger partial charge >= 0.3 is 0 Å². The van der Waals surface area contributed by atoms with E-state index in [1.165, 1.54) is 0 Å². The Hall–Kier alpha value is -1.48. The monoisotopic (exact) mass is 425 g/mol. The van der Waals surface area contributed by atoms with Crippen LogP contribution in [0.3, 0.4) is 0 Å². The molecule has 2 aliphatic rings. The fourth-order valence-corrected chi connectivity index (χ4v) is 5.06. The molecule has 2 fully saturated rings. The molecule has 5 atom stereocenters. The number of amides is 1. The van der Waals surface area contributed by atoms with E-state index in [-0.39, 0.29) is 17.2 Å². The smallest absolute Gasteiger partial charge is 0.264 e. The lowest BCUT2D eigenvalue weighted by atomic mass is 9.87. The number of hydrogen-bond acceptors (Lipinski definition) is 6.